The van der Waals surface area contributed by atoms with Gasteiger partial charge in [0.2, 0.25) is 5.28 Å². The molecule has 0 amide bonds. The van der Waals surface area contributed by atoms with Crippen LogP contribution in [0.25, 0.3) is 0 Å². The molecule has 2 saturated carbocycles. The van der Waals surface area contributed by atoms with Gasteiger partial charge in [0.15, 0.2) is 0 Å². The van der Waals surface area contributed by atoms with E-state index in [2.05, 4.69) is 35.5 Å². The van der Waals surface area contributed by atoms with Gasteiger partial charge in [0.05, 0.1) is 0 Å². The van der Waals surface area contributed by atoms with Gasteiger partial charge in [-0.1, -0.05) is 27.2 Å². The van der Waals surface area contributed by atoms with E-state index < -0.39 is 0 Å². The number of rotatable bonds is 2. The highest BCUT2D eigenvalue weighted by Crippen LogP contribution is 2.49. The summed E-state index contributed by atoms with van der Waals surface area (Å²) in [5.74, 6) is 3.71. The van der Waals surface area contributed by atoms with Crippen LogP contribution in [0.3, 0.4) is 0 Å². The van der Waals surface area contributed by atoms with Gasteiger partial charge in [0.25, 0.3) is 0 Å². The summed E-state index contributed by atoms with van der Waals surface area (Å²) in [7, 11) is 0. The molecule has 1 heterocycles. The van der Waals surface area contributed by atoms with Crippen LogP contribution >= 0.6 is 11.6 Å². The first-order valence-electron chi connectivity index (χ1n) is 7.04. The smallest absolute Gasteiger partial charge is 0.225 e. The van der Waals surface area contributed by atoms with E-state index in [0.29, 0.717) is 5.28 Å². The van der Waals surface area contributed by atoms with Crippen molar-refractivity contribution in [1.82, 2.24) is 14.8 Å². The summed E-state index contributed by atoms with van der Waals surface area (Å²) >= 11 is 6.22. The van der Waals surface area contributed by atoms with Crippen LogP contribution < -0.4 is 0 Å². The fraction of sp³-hybridized carbons (Fsp3) is 0.857. The normalized spacial score (nSPS) is 31.2. The standard InChI is InChI=1S/C14H22ClN3/c1-14(2,3)12-16-17-13(15)18(12)8-11-7-9-4-5-10(11)6-9/h9-11H,4-8H2,1-3H3. The molecule has 0 aliphatic heterocycles. The average Bonchev–Trinajstić information content (AvgIpc) is 2.94. The zero-order valence-electron chi connectivity index (χ0n) is 11.5. The molecule has 1 aromatic rings. The minimum absolute atomic E-state index is 0.0117. The van der Waals surface area contributed by atoms with E-state index in [1.54, 1.807) is 0 Å². The fourth-order valence-corrected chi connectivity index (χ4v) is 4.02. The predicted octanol–water partition coefficient (Wildman–Crippen LogP) is 3.67. The molecule has 2 fully saturated rings. The van der Waals surface area contributed by atoms with Gasteiger partial charge in [-0.05, 0) is 48.6 Å². The largest absolute Gasteiger partial charge is 0.301 e. The Hall–Kier alpha value is -0.570. The highest BCUT2D eigenvalue weighted by atomic mass is 35.5. The Kier molecular flexibility index (Phi) is 2.92. The average molecular weight is 268 g/mol. The number of hydrogen-bond acceptors (Lipinski definition) is 2. The molecular formula is C14H22ClN3. The summed E-state index contributed by atoms with van der Waals surface area (Å²) < 4.78 is 2.15. The van der Waals surface area contributed by atoms with Crippen LogP contribution in [0.5, 0.6) is 0 Å². The molecule has 2 aliphatic carbocycles. The Labute approximate surface area is 114 Å². The van der Waals surface area contributed by atoms with Crippen molar-refractivity contribution in [3.63, 3.8) is 0 Å². The maximum absolute atomic E-state index is 6.22. The van der Waals surface area contributed by atoms with Crippen molar-refractivity contribution >= 4 is 11.6 Å². The molecule has 3 unspecified atom stereocenters. The molecule has 0 N–H and O–H groups in total. The topological polar surface area (TPSA) is 30.7 Å². The lowest BCUT2D eigenvalue weighted by Crippen LogP contribution is -2.24. The third kappa shape index (κ3) is 2.07. The molecule has 0 aromatic carbocycles. The molecule has 18 heavy (non-hydrogen) atoms. The molecule has 2 bridgehead atoms. The summed E-state index contributed by atoms with van der Waals surface area (Å²) in [4.78, 5) is 0. The minimum atomic E-state index is 0.0117. The van der Waals surface area contributed by atoms with Crippen LogP contribution in [0.1, 0.15) is 52.3 Å². The molecule has 1 aromatic heterocycles. The molecule has 0 spiro atoms. The summed E-state index contributed by atoms with van der Waals surface area (Å²) in [5, 5.41) is 8.90. The molecule has 4 heteroatoms. The lowest BCUT2D eigenvalue weighted by atomic mass is 9.88. The van der Waals surface area contributed by atoms with Crippen LogP contribution in [0, 0.1) is 17.8 Å². The van der Waals surface area contributed by atoms with Crippen LogP contribution in [0.15, 0.2) is 0 Å². The molecule has 0 saturated heterocycles. The molecule has 3 nitrogen and oxygen atoms in total. The van der Waals surface area contributed by atoms with E-state index in [4.69, 9.17) is 11.6 Å². The van der Waals surface area contributed by atoms with Crippen molar-refractivity contribution in [2.24, 2.45) is 17.8 Å². The zero-order chi connectivity index (χ0) is 12.9. The van der Waals surface area contributed by atoms with Gasteiger partial charge >= 0.3 is 0 Å². The van der Waals surface area contributed by atoms with E-state index in [0.717, 1.165) is 30.1 Å². The second kappa shape index (κ2) is 4.22. The number of hydrogen-bond donors (Lipinski definition) is 0. The lowest BCUT2D eigenvalue weighted by Gasteiger charge is -2.25. The van der Waals surface area contributed by atoms with Gasteiger partial charge in [-0.25, -0.2) is 0 Å². The van der Waals surface area contributed by atoms with Crippen molar-refractivity contribution in [2.45, 2.75) is 58.4 Å². The predicted molar refractivity (Wildman–Crippen MR) is 72.7 cm³/mol. The van der Waals surface area contributed by atoms with Gasteiger partial charge in [-0.3, -0.25) is 0 Å². The van der Waals surface area contributed by atoms with Gasteiger partial charge in [-0.15, -0.1) is 10.2 Å². The lowest BCUT2D eigenvalue weighted by molar-refractivity contribution is 0.288. The van der Waals surface area contributed by atoms with Crippen LogP contribution in [-0.4, -0.2) is 14.8 Å². The second-order valence-corrected chi connectivity index (χ2v) is 7.43. The van der Waals surface area contributed by atoms with Crippen LogP contribution in [0.2, 0.25) is 5.28 Å². The summed E-state index contributed by atoms with van der Waals surface area (Å²) in [6.07, 6.45) is 5.68. The Morgan fingerprint density at radius 1 is 1.22 bits per heavy atom. The van der Waals surface area contributed by atoms with E-state index in [1.165, 1.54) is 25.7 Å². The summed E-state index contributed by atoms with van der Waals surface area (Å²) in [6, 6.07) is 0. The molecule has 100 valence electrons. The van der Waals surface area contributed by atoms with Crippen molar-refractivity contribution in [3.8, 4) is 0 Å². The second-order valence-electron chi connectivity index (χ2n) is 7.09. The van der Waals surface area contributed by atoms with E-state index in [9.17, 15) is 0 Å². The SMILES string of the molecule is CC(C)(C)c1nnc(Cl)n1CC1CC2CCC1C2. The van der Waals surface area contributed by atoms with Crippen LogP contribution in [0.4, 0.5) is 0 Å². The number of nitrogens with zero attached hydrogens (tertiary/aromatic N) is 3. The van der Waals surface area contributed by atoms with Crippen molar-refractivity contribution in [3.05, 3.63) is 11.1 Å². The highest BCUT2D eigenvalue weighted by molar-refractivity contribution is 6.28. The van der Waals surface area contributed by atoms with Gasteiger partial charge in [0, 0.05) is 12.0 Å². The summed E-state index contributed by atoms with van der Waals surface area (Å²) in [6.45, 7) is 7.53. The Morgan fingerprint density at radius 3 is 2.56 bits per heavy atom. The fourth-order valence-electron chi connectivity index (χ4n) is 3.84. The molecule has 3 atom stereocenters. The number of aromatic nitrogens is 3. The van der Waals surface area contributed by atoms with Crippen LogP contribution in [-0.2, 0) is 12.0 Å². The minimum Gasteiger partial charge on any atom is -0.301 e. The highest BCUT2D eigenvalue weighted by Gasteiger charge is 2.40. The zero-order valence-corrected chi connectivity index (χ0v) is 12.2. The Bertz CT molecular complexity index is 446. The first-order chi connectivity index (χ1) is 8.45. The van der Waals surface area contributed by atoms with E-state index >= 15 is 0 Å². The Morgan fingerprint density at radius 2 is 2.00 bits per heavy atom. The van der Waals surface area contributed by atoms with E-state index in [-0.39, 0.29) is 5.41 Å². The van der Waals surface area contributed by atoms with Gasteiger partial charge in [-0.2, -0.15) is 0 Å². The molecule has 2 aliphatic rings. The first kappa shape index (κ1) is 12.5. The third-order valence-electron chi connectivity index (χ3n) is 4.68. The maximum atomic E-state index is 6.22. The number of halogens is 1. The molecule has 0 radical (unpaired) electrons. The molecular weight excluding hydrogens is 246 g/mol. The van der Waals surface area contributed by atoms with Gasteiger partial charge < -0.3 is 4.57 Å². The Balaban J connectivity index is 1.82. The summed E-state index contributed by atoms with van der Waals surface area (Å²) in [5.41, 5.74) is 0.0117. The first-order valence-corrected chi connectivity index (χ1v) is 7.42. The monoisotopic (exact) mass is 267 g/mol. The quantitative estimate of drug-likeness (QED) is 0.819. The third-order valence-corrected chi connectivity index (χ3v) is 4.96. The van der Waals surface area contributed by atoms with Crippen molar-refractivity contribution in [2.75, 3.05) is 0 Å². The maximum Gasteiger partial charge on any atom is 0.225 e. The van der Waals surface area contributed by atoms with Crippen molar-refractivity contribution < 1.29 is 0 Å². The van der Waals surface area contributed by atoms with E-state index in [1.807, 2.05) is 0 Å². The van der Waals surface area contributed by atoms with Gasteiger partial charge in [0.1, 0.15) is 5.82 Å². The van der Waals surface area contributed by atoms with Crippen molar-refractivity contribution in [1.29, 1.82) is 0 Å². The number of fused-ring (bicyclic) bond motifs is 2. The molecule has 3 rings (SSSR count).